The maximum absolute atomic E-state index is 11.3. The van der Waals surface area contributed by atoms with E-state index in [0.717, 1.165) is 26.2 Å². The van der Waals surface area contributed by atoms with Crippen LogP contribution in [-0.4, -0.2) is 69.9 Å². The molecule has 0 saturated carbocycles. The smallest absolute Gasteiger partial charge is 0.361 e. The van der Waals surface area contributed by atoms with Crippen molar-refractivity contribution in [2.75, 3.05) is 53.5 Å². The number of carbonyl (C=O) groups excluding carboxylic acids is 2. The van der Waals surface area contributed by atoms with Gasteiger partial charge in [-0.2, -0.15) is 0 Å². The third-order valence-corrected chi connectivity index (χ3v) is 2.91. The summed E-state index contributed by atoms with van der Waals surface area (Å²) < 4.78 is 9.76. The van der Waals surface area contributed by atoms with E-state index in [2.05, 4.69) is 14.8 Å². The molecule has 1 heterocycles. The summed E-state index contributed by atoms with van der Waals surface area (Å²) in [7, 11) is 2.72. The molecule has 6 nitrogen and oxygen atoms in total. The normalized spacial score (nSPS) is 18.9. The number of hydrogen-bond donors (Lipinski definition) is 1. The van der Waals surface area contributed by atoms with Crippen molar-refractivity contribution in [3.05, 3.63) is 0 Å². The van der Waals surface area contributed by atoms with Crippen molar-refractivity contribution in [1.82, 2.24) is 5.32 Å². The second-order valence-corrected chi connectivity index (χ2v) is 4.01. The summed E-state index contributed by atoms with van der Waals surface area (Å²) in [6.07, 6.45) is 0. The van der Waals surface area contributed by atoms with Crippen molar-refractivity contribution in [1.29, 1.82) is 0 Å². The van der Waals surface area contributed by atoms with Crippen LogP contribution in [0.2, 0.25) is 0 Å². The Kier molecular flexibility index (Phi) is 4.70. The number of nitrogens with one attached hydrogen (secondary N) is 1. The Balaban J connectivity index is 2.66. The first kappa shape index (κ1) is 12.9. The van der Waals surface area contributed by atoms with Crippen molar-refractivity contribution >= 4 is 11.9 Å². The van der Waals surface area contributed by atoms with E-state index in [1.165, 1.54) is 14.2 Å². The highest BCUT2D eigenvalue weighted by Gasteiger charge is 2.35. The number of hydrogen-bond acceptors (Lipinski definition) is 5. The van der Waals surface area contributed by atoms with Crippen LogP contribution in [0.4, 0.5) is 0 Å². The number of ether oxygens (including phenoxy) is 2. The van der Waals surface area contributed by atoms with Gasteiger partial charge in [0.05, 0.1) is 27.3 Å². The molecular weight excluding hydrogens is 212 g/mol. The first-order chi connectivity index (χ1) is 7.62. The van der Waals surface area contributed by atoms with Crippen LogP contribution in [0.15, 0.2) is 0 Å². The second kappa shape index (κ2) is 5.81. The number of piperazine rings is 1. The van der Waals surface area contributed by atoms with Gasteiger partial charge in [0.2, 0.25) is 0 Å². The molecule has 1 fully saturated rings. The highest BCUT2D eigenvalue weighted by Crippen LogP contribution is 2.09. The highest BCUT2D eigenvalue weighted by atomic mass is 16.5. The van der Waals surface area contributed by atoms with Gasteiger partial charge in [0.25, 0.3) is 0 Å². The molecule has 0 aromatic heterocycles. The molecule has 0 atom stereocenters. The molecule has 1 N–H and O–H groups in total. The second-order valence-electron chi connectivity index (χ2n) is 4.01. The standard InChI is InChI=1S/C10H19N2O4/c1-15-9(13)7-12(8-10(14)16-2)5-3-11-4-6-12/h11H,3-8H2,1-2H3/q+1. The van der Waals surface area contributed by atoms with Gasteiger partial charge in [-0.15, -0.1) is 0 Å². The summed E-state index contributed by atoms with van der Waals surface area (Å²) in [4.78, 5) is 22.7. The Hall–Kier alpha value is -1.14. The van der Waals surface area contributed by atoms with E-state index in [-0.39, 0.29) is 25.0 Å². The van der Waals surface area contributed by atoms with Crippen LogP contribution < -0.4 is 5.32 Å². The maximum atomic E-state index is 11.3. The number of nitrogens with zero attached hydrogens (tertiary/aromatic N) is 1. The number of carbonyl (C=O) groups is 2. The summed E-state index contributed by atoms with van der Waals surface area (Å²) in [6.45, 7) is 3.54. The van der Waals surface area contributed by atoms with Gasteiger partial charge in [0.1, 0.15) is 0 Å². The van der Waals surface area contributed by atoms with E-state index < -0.39 is 0 Å². The Labute approximate surface area is 95.1 Å². The van der Waals surface area contributed by atoms with Crippen LogP contribution in [0, 0.1) is 0 Å². The molecule has 1 aliphatic rings. The minimum absolute atomic E-state index is 0.229. The Morgan fingerprint density at radius 3 is 1.88 bits per heavy atom. The topological polar surface area (TPSA) is 64.6 Å². The molecule has 92 valence electrons. The molecule has 0 aliphatic carbocycles. The number of methoxy groups -OCH3 is 2. The Morgan fingerprint density at radius 2 is 1.50 bits per heavy atom. The molecule has 16 heavy (non-hydrogen) atoms. The first-order valence-electron chi connectivity index (χ1n) is 5.31. The molecule has 1 aliphatic heterocycles. The van der Waals surface area contributed by atoms with E-state index in [0.29, 0.717) is 4.48 Å². The largest absolute Gasteiger partial charge is 0.465 e. The van der Waals surface area contributed by atoms with Crippen molar-refractivity contribution < 1.29 is 23.5 Å². The fraction of sp³-hybridized carbons (Fsp3) is 0.800. The van der Waals surface area contributed by atoms with Crippen molar-refractivity contribution in [3.8, 4) is 0 Å². The van der Waals surface area contributed by atoms with Gasteiger partial charge >= 0.3 is 11.9 Å². The number of rotatable bonds is 4. The number of quaternary nitrogens is 1. The summed E-state index contributed by atoms with van der Waals surface area (Å²) in [5, 5.41) is 3.20. The van der Waals surface area contributed by atoms with E-state index >= 15 is 0 Å². The van der Waals surface area contributed by atoms with Gasteiger partial charge in [0.15, 0.2) is 13.1 Å². The van der Waals surface area contributed by atoms with Gasteiger partial charge < -0.3 is 19.3 Å². The summed E-state index contributed by atoms with van der Waals surface area (Å²) >= 11 is 0. The molecule has 0 bridgehead atoms. The quantitative estimate of drug-likeness (QED) is 0.484. The molecule has 1 saturated heterocycles. The summed E-state index contributed by atoms with van der Waals surface area (Å²) in [6, 6.07) is 0. The highest BCUT2D eigenvalue weighted by molar-refractivity contribution is 5.72. The van der Waals surface area contributed by atoms with E-state index in [1.54, 1.807) is 0 Å². The maximum Gasteiger partial charge on any atom is 0.361 e. The van der Waals surface area contributed by atoms with Gasteiger partial charge in [-0.25, -0.2) is 9.59 Å². The van der Waals surface area contributed by atoms with Crippen LogP contribution in [0.1, 0.15) is 0 Å². The third-order valence-electron chi connectivity index (χ3n) is 2.91. The summed E-state index contributed by atoms with van der Waals surface area (Å²) in [5.41, 5.74) is 0. The fourth-order valence-corrected chi connectivity index (χ4v) is 1.92. The van der Waals surface area contributed by atoms with Crippen LogP contribution in [0.5, 0.6) is 0 Å². The predicted octanol–water partition coefficient (Wildman–Crippen LogP) is -1.25. The van der Waals surface area contributed by atoms with Crippen molar-refractivity contribution in [2.24, 2.45) is 0 Å². The summed E-state index contributed by atoms with van der Waals surface area (Å²) in [5.74, 6) is -0.573. The lowest BCUT2D eigenvalue weighted by Gasteiger charge is -2.39. The monoisotopic (exact) mass is 231 g/mol. The Bertz CT molecular complexity index is 242. The van der Waals surface area contributed by atoms with Crippen LogP contribution in [0.3, 0.4) is 0 Å². The molecular formula is C10H19N2O4+. The first-order valence-corrected chi connectivity index (χ1v) is 5.31. The predicted molar refractivity (Wildman–Crippen MR) is 56.6 cm³/mol. The van der Waals surface area contributed by atoms with E-state index in [1.807, 2.05) is 0 Å². The van der Waals surface area contributed by atoms with Gasteiger partial charge in [-0.05, 0) is 0 Å². The van der Waals surface area contributed by atoms with Gasteiger partial charge in [-0.3, -0.25) is 0 Å². The lowest BCUT2D eigenvalue weighted by atomic mass is 10.2. The zero-order valence-corrected chi connectivity index (χ0v) is 9.82. The van der Waals surface area contributed by atoms with E-state index in [4.69, 9.17) is 0 Å². The average molecular weight is 231 g/mol. The Morgan fingerprint density at radius 1 is 1.06 bits per heavy atom. The van der Waals surface area contributed by atoms with Crippen LogP contribution in [0.25, 0.3) is 0 Å². The minimum atomic E-state index is -0.286. The molecule has 0 aromatic rings. The molecule has 0 radical (unpaired) electrons. The van der Waals surface area contributed by atoms with Gasteiger partial charge in [0, 0.05) is 13.1 Å². The van der Waals surface area contributed by atoms with Crippen LogP contribution in [-0.2, 0) is 19.1 Å². The van der Waals surface area contributed by atoms with Crippen molar-refractivity contribution in [3.63, 3.8) is 0 Å². The SMILES string of the molecule is COC(=O)C[N+]1(CC(=O)OC)CCNCC1. The molecule has 1 rings (SSSR count). The van der Waals surface area contributed by atoms with Gasteiger partial charge in [-0.1, -0.05) is 0 Å². The minimum Gasteiger partial charge on any atom is -0.465 e. The molecule has 6 heteroatoms. The lowest BCUT2D eigenvalue weighted by molar-refractivity contribution is -0.916. The molecule has 0 unspecified atom stereocenters. The fourth-order valence-electron chi connectivity index (χ4n) is 1.92. The molecule has 0 spiro atoms. The zero-order chi connectivity index (χ0) is 12.0. The van der Waals surface area contributed by atoms with Crippen LogP contribution >= 0.6 is 0 Å². The number of esters is 2. The molecule has 0 amide bonds. The lowest BCUT2D eigenvalue weighted by Crippen LogP contribution is -2.62. The third kappa shape index (κ3) is 3.46. The average Bonchev–Trinajstić information content (AvgIpc) is 2.29. The van der Waals surface area contributed by atoms with E-state index in [9.17, 15) is 9.59 Å². The zero-order valence-electron chi connectivity index (χ0n) is 9.82. The van der Waals surface area contributed by atoms with Crippen molar-refractivity contribution in [2.45, 2.75) is 0 Å². The molecule has 0 aromatic carbocycles.